The molecule has 0 aromatic heterocycles. The zero-order valence-electron chi connectivity index (χ0n) is 22.1. The smallest absolute Gasteiger partial charge is 0.223 e. The van der Waals surface area contributed by atoms with Gasteiger partial charge in [-0.25, -0.2) is 8.78 Å². The number of unbranched alkanes of at least 4 members (excludes halogenated alkanes) is 1. The fraction of sp³-hybridized carbons (Fsp3) is 0.500. The molecule has 1 heterocycles. The van der Waals surface area contributed by atoms with E-state index in [1.165, 1.54) is 12.1 Å². The number of hydrogen-bond acceptors (Lipinski definition) is 5. The molecule has 0 fully saturated rings. The Morgan fingerprint density at radius 2 is 1.89 bits per heavy atom. The van der Waals surface area contributed by atoms with Crippen molar-refractivity contribution in [1.29, 1.82) is 0 Å². The molecule has 1 amide bonds. The standard InChI is InChI=1S/C30H38F2N2O4/c1-3-4-7-20-8-5-6-11-38-29-17-26(25-16-23(37-2)9-10-24(25)29)33-18-28(35)27(34-30(20)36)14-19-12-21(31)15-22(32)13-19/h5-6,9-10,12-13,15-16,20,26-29,33,35H,3-4,7-8,11,14,17-18H2,1-2H3,(H,34,36)/b6-5+/t20-,26-,27-,28+,29+/m0/s1. The third-order valence-electron chi connectivity index (χ3n) is 7.47. The second-order valence-corrected chi connectivity index (χ2v) is 10.2. The highest BCUT2D eigenvalue weighted by molar-refractivity contribution is 5.79. The lowest BCUT2D eigenvalue weighted by Crippen LogP contribution is -2.50. The van der Waals surface area contributed by atoms with Crippen LogP contribution in [0.25, 0.3) is 0 Å². The van der Waals surface area contributed by atoms with E-state index in [2.05, 4.69) is 17.6 Å². The number of β-amino-alcohol motifs (C(OH)–C–C–N with tert-alkyl or cyclic N) is 1. The molecule has 206 valence electrons. The first kappa shape index (κ1) is 28.2. The summed E-state index contributed by atoms with van der Waals surface area (Å²) < 4.78 is 39.5. The van der Waals surface area contributed by atoms with Gasteiger partial charge >= 0.3 is 0 Å². The molecule has 5 atom stereocenters. The van der Waals surface area contributed by atoms with Gasteiger partial charge in [-0.1, -0.05) is 38.0 Å². The summed E-state index contributed by atoms with van der Waals surface area (Å²) in [6, 6.07) is 8.40. The maximum Gasteiger partial charge on any atom is 0.223 e. The van der Waals surface area contributed by atoms with E-state index in [1.54, 1.807) is 7.11 Å². The van der Waals surface area contributed by atoms with Gasteiger partial charge in [-0.2, -0.15) is 0 Å². The number of halogens is 2. The van der Waals surface area contributed by atoms with E-state index in [9.17, 15) is 18.7 Å². The predicted octanol–water partition coefficient (Wildman–Crippen LogP) is 4.92. The maximum atomic E-state index is 13.9. The Morgan fingerprint density at radius 3 is 2.63 bits per heavy atom. The molecule has 1 aliphatic heterocycles. The molecule has 2 aromatic rings. The molecule has 2 bridgehead atoms. The molecule has 0 radical (unpaired) electrons. The summed E-state index contributed by atoms with van der Waals surface area (Å²) >= 11 is 0. The molecule has 2 aliphatic rings. The van der Waals surface area contributed by atoms with Crippen molar-refractivity contribution in [2.45, 2.75) is 69.7 Å². The number of carbonyl (C=O) groups excluding carboxylic acids is 1. The average molecular weight is 529 g/mol. The Hall–Kier alpha value is -2.81. The van der Waals surface area contributed by atoms with Crippen LogP contribution in [0.4, 0.5) is 8.78 Å². The molecule has 6 nitrogen and oxygen atoms in total. The van der Waals surface area contributed by atoms with Crippen LogP contribution in [0.3, 0.4) is 0 Å². The van der Waals surface area contributed by atoms with Gasteiger partial charge in [0.25, 0.3) is 0 Å². The van der Waals surface area contributed by atoms with Crippen molar-refractivity contribution in [3.63, 3.8) is 0 Å². The fourth-order valence-electron chi connectivity index (χ4n) is 5.37. The lowest BCUT2D eigenvalue weighted by molar-refractivity contribution is -0.126. The van der Waals surface area contributed by atoms with Gasteiger partial charge in [0.1, 0.15) is 17.4 Å². The van der Waals surface area contributed by atoms with Gasteiger partial charge < -0.3 is 25.2 Å². The van der Waals surface area contributed by atoms with Crippen LogP contribution in [-0.2, 0) is 16.0 Å². The Kier molecular flexibility index (Phi) is 9.88. The Bertz CT molecular complexity index is 1110. The zero-order chi connectivity index (χ0) is 27.1. The van der Waals surface area contributed by atoms with Crippen LogP contribution in [0.1, 0.15) is 67.9 Å². The predicted molar refractivity (Wildman–Crippen MR) is 142 cm³/mol. The minimum absolute atomic E-state index is 0.0888. The first-order chi connectivity index (χ1) is 18.4. The van der Waals surface area contributed by atoms with Crippen LogP contribution < -0.4 is 15.4 Å². The van der Waals surface area contributed by atoms with Crippen LogP contribution in [0.5, 0.6) is 5.75 Å². The van der Waals surface area contributed by atoms with Crippen molar-refractivity contribution in [2.75, 3.05) is 20.3 Å². The van der Waals surface area contributed by atoms with E-state index in [4.69, 9.17) is 9.47 Å². The second kappa shape index (κ2) is 13.3. The van der Waals surface area contributed by atoms with Gasteiger partial charge in [0.2, 0.25) is 5.91 Å². The van der Waals surface area contributed by atoms with Crippen LogP contribution in [0, 0.1) is 17.6 Å². The maximum absolute atomic E-state index is 13.9. The highest BCUT2D eigenvalue weighted by atomic mass is 19.1. The number of carbonyl (C=O) groups is 1. The Labute approximate surface area is 223 Å². The fourth-order valence-corrected chi connectivity index (χ4v) is 5.37. The van der Waals surface area contributed by atoms with Gasteiger partial charge in [0.05, 0.1) is 32.0 Å². The van der Waals surface area contributed by atoms with Crippen LogP contribution in [0.15, 0.2) is 48.6 Å². The molecule has 4 rings (SSSR count). The lowest BCUT2D eigenvalue weighted by Gasteiger charge is -2.28. The summed E-state index contributed by atoms with van der Waals surface area (Å²) in [5.41, 5.74) is 2.50. The molecule has 8 heteroatoms. The number of fused-ring (bicyclic) bond motifs is 5. The number of benzene rings is 2. The molecule has 1 aliphatic carbocycles. The largest absolute Gasteiger partial charge is 0.497 e. The normalized spacial score (nSPS) is 27.1. The quantitative estimate of drug-likeness (QED) is 0.464. The van der Waals surface area contributed by atoms with E-state index < -0.39 is 23.8 Å². The van der Waals surface area contributed by atoms with Crippen molar-refractivity contribution in [1.82, 2.24) is 10.6 Å². The van der Waals surface area contributed by atoms with Gasteiger partial charge in [-0.05, 0) is 66.6 Å². The highest BCUT2D eigenvalue weighted by Crippen LogP contribution is 2.42. The first-order valence-electron chi connectivity index (χ1n) is 13.5. The van der Waals surface area contributed by atoms with Gasteiger partial charge in [0, 0.05) is 24.6 Å². The van der Waals surface area contributed by atoms with Crippen molar-refractivity contribution >= 4 is 5.91 Å². The van der Waals surface area contributed by atoms with Crippen molar-refractivity contribution < 1.29 is 28.2 Å². The van der Waals surface area contributed by atoms with Crippen LogP contribution >= 0.6 is 0 Å². The molecule has 0 saturated heterocycles. The van der Waals surface area contributed by atoms with E-state index >= 15 is 0 Å². The molecule has 0 spiro atoms. The molecule has 3 N–H and O–H groups in total. The molecular weight excluding hydrogens is 490 g/mol. The van der Waals surface area contributed by atoms with Crippen LogP contribution in [-0.4, -0.2) is 43.4 Å². The second-order valence-electron chi connectivity index (χ2n) is 10.2. The van der Waals surface area contributed by atoms with E-state index in [0.717, 1.165) is 35.8 Å². The highest BCUT2D eigenvalue weighted by Gasteiger charge is 2.33. The van der Waals surface area contributed by atoms with Crippen LogP contribution in [0.2, 0.25) is 0 Å². The first-order valence-corrected chi connectivity index (χ1v) is 13.5. The number of hydrogen-bond donors (Lipinski definition) is 3. The number of ether oxygens (including phenoxy) is 2. The molecular formula is C30H38F2N2O4. The average Bonchev–Trinajstić information content (AvgIpc) is 3.23. The molecule has 38 heavy (non-hydrogen) atoms. The number of aliphatic hydroxyl groups is 1. The minimum atomic E-state index is -0.994. The molecule has 0 unspecified atom stereocenters. The zero-order valence-corrected chi connectivity index (χ0v) is 22.1. The third-order valence-corrected chi connectivity index (χ3v) is 7.47. The summed E-state index contributed by atoms with van der Waals surface area (Å²) in [6.45, 7) is 2.68. The summed E-state index contributed by atoms with van der Waals surface area (Å²) in [5, 5.41) is 17.7. The summed E-state index contributed by atoms with van der Waals surface area (Å²) in [6.07, 6.45) is 6.74. The van der Waals surface area contributed by atoms with Crippen molar-refractivity contribution in [2.24, 2.45) is 5.92 Å². The van der Waals surface area contributed by atoms with E-state index in [-0.39, 0.29) is 36.9 Å². The number of aliphatic hydroxyl groups excluding tert-OH is 1. The third kappa shape index (κ3) is 7.18. The monoisotopic (exact) mass is 528 g/mol. The lowest BCUT2D eigenvalue weighted by atomic mass is 9.95. The minimum Gasteiger partial charge on any atom is -0.497 e. The summed E-state index contributed by atoms with van der Waals surface area (Å²) in [4.78, 5) is 13.3. The van der Waals surface area contributed by atoms with Gasteiger partial charge in [-0.3, -0.25) is 4.79 Å². The molecule has 0 saturated carbocycles. The topological polar surface area (TPSA) is 79.8 Å². The van der Waals surface area contributed by atoms with Gasteiger partial charge in [-0.15, -0.1) is 0 Å². The number of amides is 1. The summed E-state index contributed by atoms with van der Waals surface area (Å²) in [5.74, 6) is -1.08. The Morgan fingerprint density at radius 1 is 1.11 bits per heavy atom. The number of methoxy groups -OCH3 is 1. The van der Waals surface area contributed by atoms with E-state index in [1.807, 2.05) is 30.4 Å². The van der Waals surface area contributed by atoms with E-state index in [0.29, 0.717) is 31.4 Å². The van der Waals surface area contributed by atoms with Gasteiger partial charge in [0.15, 0.2) is 0 Å². The SMILES string of the molecule is CCCC[C@H]1C/C=C/CO[C@@H]2C[C@H](NC[C@@H](O)[C@H](Cc3cc(F)cc(F)c3)NC1=O)c1cc(OC)ccc12. The Balaban J connectivity index is 1.61. The molecule has 2 aromatic carbocycles. The van der Waals surface area contributed by atoms with Crippen molar-refractivity contribution in [3.8, 4) is 5.75 Å². The summed E-state index contributed by atoms with van der Waals surface area (Å²) in [7, 11) is 1.62. The number of rotatable bonds is 6. The number of nitrogens with one attached hydrogen (secondary N) is 2. The van der Waals surface area contributed by atoms with Crippen molar-refractivity contribution in [3.05, 3.63) is 76.9 Å². The number of allylic oxidation sites excluding steroid dienone is 1.